The maximum atomic E-state index is 4.92. The van der Waals surface area contributed by atoms with Crippen LogP contribution in [-0.2, 0) is 10.8 Å². The summed E-state index contributed by atoms with van der Waals surface area (Å²) in [6, 6.07) is 27.2. The molecule has 0 unspecified atom stereocenters. The van der Waals surface area contributed by atoms with Crippen molar-refractivity contribution in [2.45, 2.75) is 52.4 Å². The molecule has 0 radical (unpaired) electrons. The van der Waals surface area contributed by atoms with Gasteiger partial charge < -0.3 is 0 Å². The first-order chi connectivity index (χ1) is 15.1. The first-order valence-electron chi connectivity index (χ1n) is 11.1. The van der Waals surface area contributed by atoms with Gasteiger partial charge in [0, 0.05) is 16.7 Å². The van der Waals surface area contributed by atoms with Crippen LogP contribution >= 0.6 is 0 Å². The van der Waals surface area contributed by atoms with Crippen LogP contribution in [0.3, 0.4) is 0 Å². The lowest BCUT2D eigenvalue weighted by molar-refractivity contribution is 0.590. The summed E-state index contributed by atoms with van der Waals surface area (Å²) in [5.41, 5.74) is 5.61. The van der Waals surface area contributed by atoms with Crippen LogP contribution in [0.25, 0.3) is 34.2 Å². The second-order valence-corrected chi connectivity index (χ2v) is 10.3. The summed E-state index contributed by atoms with van der Waals surface area (Å²) in [4.78, 5) is 14.7. The Labute approximate surface area is 191 Å². The number of hydrogen-bond donors (Lipinski definition) is 0. The minimum absolute atomic E-state index is 0.0508. The second-order valence-electron chi connectivity index (χ2n) is 10.3. The molecule has 4 rings (SSSR count). The summed E-state index contributed by atoms with van der Waals surface area (Å²) in [5.74, 6) is 2.08. The molecule has 0 bridgehead atoms. The summed E-state index contributed by atoms with van der Waals surface area (Å²) in [6.45, 7) is 13.3. The van der Waals surface area contributed by atoms with Gasteiger partial charge in [0.25, 0.3) is 0 Å². The molecule has 162 valence electrons. The van der Waals surface area contributed by atoms with E-state index in [-0.39, 0.29) is 10.8 Å². The molecule has 0 aliphatic heterocycles. The Hall–Kier alpha value is -3.33. The number of benzene rings is 3. The molecule has 1 heterocycles. The maximum absolute atomic E-state index is 4.92. The van der Waals surface area contributed by atoms with Crippen LogP contribution in [0.15, 0.2) is 78.9 Å². The van der Waals surface area contributed by atoms with Gasteiger partial charge >= 0.3 is 0 Å². The molecule has 1 aromatic heterocycles. The number of rotatable bonds is 3. The highest BCUT2D eigenvalue weighted by atomic mass is 15.0. The van der Waals surface area contributed by atoms with Gasteiger partial charge in [-0.2, -0.15) is 0 Å². The first-order valence-corrected chi connectivity index (χ1v) is 11.1. The van der Waals surface area contributed by atoms with Crippen LogP contribution in [0.1, 0.15) is 52.7 Å². The molecule has 0 aliphatic rings. The zero-order chi connectivity index (χ0) is 22.9. The quantitative estimate of drug-likeness (QED) is 0.344. The van der Waals surface area contributed by atoms with E-state index in [0.29, 0.717) is 17.5 Å². The molecule has 0 atom stereocenters. The fourth-order valence-corrected chi connectivity index (χ4v) is 3.60. The van der Waals surface area contributed by atoms with Crippen LogP contribution in [0.2, 0.25) is 0 Å². The minimum Gasteiger partial charge on any atom is -0.208 e. The molecule has 3 aromatic carbocycles. The standard InChI is InChI=1S/C29H31N3/c1-28(2,3)23-16-10-14-21(18-23)26-30-25(20-12-8-7-9-13-20)31-27(32-26)22-15-11-17-24(19-22)29(4,5)6/h7-19H,1-6H3. The van der Waals surface area contributed by atoms with Crippen molar-refractivity contribution in [2.75, 3.05) is 0 Å². The molecule has 3 heteroatoms. The van der Waals surface area contributed by atoms with Gasteiger partial charge in [-0.15, -0.1) is 0 Å². The van der Waals surface area contributed by atoms with Crippen molar-refractivity contribution in [3.05, 3.63) is 90.0 Å². The Balaban J connectivity index is 1.91. The van der Waals surface area contributed by atoms with Gasteiger partial charge in [-0.3, -0.25) is 0 Å². The number of aromatic nitrogens is 3. The Morgan fingerprint density at radius 3 is 1.22 bits per heavy atom. The molecular weight excluding hydrogens is 390 g/mol. The lowest BCUT2D eigenvalue weighted by Gasteiger charge is -2.20. The third-order valence-corrected chi connectivity index (χ3v) is 5.64. The first kappa shape index (κ1) is 21.9. The monoisotopic (exact) mass is 421 g/mol. The van der Waals surface area contributed by atoms with E-state index in [4.69, 9.17) is 15.0 Å². The predicted molar refractivity (Wildman–Crippen MR) is 134 cm³/mol. The van der Waals surface area contributed by atoms with E-state index in [2.05, 4.69) is 90.1 Å². The zero-order valence-electron chi connectivity index (χ0n) is 19.8. The molecule has 0 aliphatic carbocycles. The van der Waals surface area contributed by atoms with Gasteiger partial charge in [0.2, 0.25) is 0 Å². The fourth-order valence-electron chi connectivity index (χ4n) is 3.60. The third-order valence-electron chi connectivity index (χ3n) is 5.64. The highest BCUT2D eigenvalue weighted by molar-refractivity contribution is 5.67. The van der Waals surface area contributed by atoms with Gasteiger partial charge in [0.15, 0.2) is 17.5 Å². The summed E-state index contributed by atoms with van der Waals surface area (Å²) in [6.07, 6.45) is 0. The van der Waals surface area contributed by atoms with Crippen LogP contribution in [0.5, 0.6) is 0 Å². The van der Waals surface area contributed by atoms with E-state index in [1.54, 1.807) is 0 Å². The van der Waals surface area contributed by atoms with Crippen molar-refractivity contribution in [1.29, 1.82) is 0 Å². The SMILES string of the molecule is CC(C)(C)c1cccc(-c2nc(-c3ccccc3)nc(-c3cccc(C(C)(C)C)c3)n2)c1. The highest BCUT2D eigenvalue weighted by Gasteiger charge is 2.18. The molecule has 0 N–H and O–H groups in total. The van der Waals surface area contributed by atoms with Gasteiger partial charge in [0.1, 0.15) is 0 Å². The van der Waals surface area contributed by atoms with Gasteiger partial charge in [-0.25, -0.2) is 15.0 Å². The molecular formula is C29H31N3. The lowest BCUT2D eigenvalue weighted by Crippen LogP contribution is -2.11. The zero-order valence-corrected chi connectivity index (χ0v) is 19.8. The maximum Gasteiger partial charge on any atom is 0.164 e. The molecule has 0 saturated heterocycles. The molecule has 0 saturated carbocycles. The smallest absolute Gasteiger partial charge is 0.164 e. The number of nitrogens with zero attached hydrogens (tertiary/aromatic N) is 3. The largest absolute Gasteiger partial charge is 0.208 e. The summed E-state index contributed by atoms with van der Waals surface area (Å²) in [7, 11) is 0. The Kier molecular flexibility index (Phi) is 5.68. The molecule has 0 spiro atoms. The van der Waals surface area contributed by atoms with Crippen molar-refractivity contribution >= 4 is 0 Å². The average Bonchev–Trinajstić information content (AvgIpc) is 2.78. The van der Waals surface area contributed by atoms with Gasteiger partial charge in [-0.05, 0) is 34.1 Å². The van der Waals surface area contributed by atoms with Crippen molar-refractivity contribution in [2.24, 2.45) is 0 Å². The van der Waals surface area contributed by atoms with E-state index in [1.807, 2.05) is 30.3 Å². The van der Waals surface area contributed by atoms with Crippen molar-refractivity contribution in [3.8, 4) is 34.2 Å². The Bertz CT molecular complexity index is 1150. The van der Waals surface area contributed by atoms with E-state index < -0.39 is 0 Å². The second kappa shape index (κ2) is 8.31. The Morgan fingerprint density at radius 2 is 0.812 bits per heavy atom. The molecule has 0 fully saturated rings. The average molecular weight is 422 g/mol. The van der Waals surface area contributed by atoms with Crippen LogP contribution in [0.4, 0.5) is 0 Å². The van der Waals surface area contributed by atoms with E-state index in [9.17, 15) is 0 Å². The molecule has 0 amide bonds. The molecule has 3 nitrogen and oxygen atoms in total. The van der Waals surface area contributed by atoms with E-state index >= 15 is 0 Å². The van der Waals surface area contributed by atoms with Gasteiger partial charge in [-0.1, -0.05) is 108 Å². The lowest BCUT2D eigenvalue weighted by atomic mass is 9.86. The van der Waals surface area contributed by atoms with E-state index in [0.717, 1.165) is 16.7 Å². The summed E-state index contributed by atoms with van der Waals surface area (Å²) < 4.78 is 0. The minimum atomic E-state index is 0.0508. The highest BCUT2D eigenvalue weighted by Crippen LogP contribution is 2.30. The van der Waals surface area contributed by atoms with Gasteiger partial charge in [0.05, 0.1) is 0 Å². The normalized spacial score (nSPS) is 12.1. The van der Waals surface area contributed by atoms with Crippen LogP contribution in [0, 0.1) is 0 Å². The molecule has 32 heavy (non-hydrogen) atoms. The van der Waals surface area contributed by atoms with Crippen molar-refractivity contribution in [3.63, 3.8) is 0 Å². The topological polar surface area (TPSA) is 38.7 Å². The van der Waals surface area contributed by atoms with Crippen LogP contribution < -0.4 is 0 Å². The third kappa shape index (κ3) is 4.77. The van der Waals surface area contributed by atoms with E-state index in [1.165, 1.54) is 11.1 Å². The van der Waals surface area contributed by atoms with Crippen LogP contribution in [-0.4, -0.2) is 15.0 Å². The number of hydrogen-bond acceptors (Lipinski definition) is 3. The summed E-state index contributed by atoms with van der Waals surface area (Å²) in [5, 5.41) is 0. The summed E-state index contributed by atoms with van der Waals surface area (Å²) >= 11 is 0. The fraction of sp³-hybridized carbons (Fsp3) is 0.276. The predicted octanol–water partition coefficient (Wildman–Crippen LogP) is 7.47. The molecule has 4 aromatic rings. The van der Waals surface area contributed by atoms with Crippen molar-refractivity contribution < 1.29 is 0 Å². The Morgan fingerprint density at radius 1 is 0.438 bits per heavy atom. The van der Waals surface area contributed by atoms with Crippen molar-refractivity contribution in [1.82, 2.24) is 15.0 Å².